The van der Waals surface area contributed by atoms with Gasteiger partial charge in [0, 0.05) is 19.0 Å². The summed E-state index contributed by atoms with van der Waals surface area (Å²) in [6, 6.07) is 0.539. The molecule has 2 aliphatic rings. The molecule has 2 N–H and O–H groups in total. The van der Waals surface area contributed by atoms with Crippen LogP contribution in [0.15, 0.2) is 0 Å². The van der Waals surface area contributed by atoms with E-state index in [1.165, 1.54) is 12.8 Å². The standard InChI is InChI=1S/C12H22N2O3S/c15-12(8-10-4-7-18(16,17)9-10)14-6-3-11-2-1-5-13-11/h10-11,13H,1-9H2,(H,14,15). The third kappa shape index (κ3) is 4.24. The molecule has 18 heavy (non-hydrogen) atoms. The van der Waals surface area contributed by atoms with Gasteiger partial charge in [-0.25, -0.2) is 8.42 Å². The average molecular weight is 274 g/mol. The third-order valence-electron chi connectivity index (χ3n) is 3.78. The van der Waals surface area contributed by atoms with E-state index in [-0.39, 0.29) is 23.3 Å². The topological polar surface area (TPSA) is 75.3 Å². The van der Waals surface area contributed by atoms with Gasteiger partial charge in [0.15, 0.2) is 9.84 Å². The number of rotatable bonds is 5. The van der Waals surface area contributed by atoms with Gasteiger partial charge >= 0.3 is 0 Å². The van der Waals surface area contributed by atoms with Crippen LogP contribution in [0.25, 0.3) is 0 Å². The number of hydrogen-bond donors (Lipinski definition) is 2. The molecule has 6 heteroatoms. The third-order valence-corrected chi connectivity index (χ3v) is 5.62. The van der Waals surface area contributed by atoms with Gasteiger partial charge in [-0.3, -0.25) is 4.79 Å². The van der Waals surface area contributed by atoms with Gasteiger partial charge in [0.05, 0.1) is 11.5 Å². The fourth-order valence-electron chi connectivity index (χ4n) is 2.76. The monoisotopic (exact) mass is 274 g/mol. The van der Waals surface area contributed by atoms with Crippen LogP contribution in [0.5, 0.6) is 0 Å². The second-order valence-electron chi connectivity index (χ2n) is 5.41. The fourth-order valence-corrected chi connectivity index (χ4v) is 4.62. The van der Waals surface area contributed by atoms with Crippen molar-refractivity contribution in [2.45, 2.75) is 38.1 Å². The molecule has 0 aromatic rings. The zero-order valence-electron chi connectivity index (χ0n) is 10.7. The summed E-state index contributed by atoms with van der Waals surface area (Å²) in [4.78, 5) is 11.7. The summed E-state index contributed by atoms with van der Waals surface area (Å²) >= 11 is 0. The Morgan fingerprint density at radius 2 is 2.17 bits per heavy atom. The van der Waals surface area contributed by atoms with Gasteiger partial charge in [0.1, 0.15) is 0 Å². The van der Waals surface area contributed by atoms with E-state index in [0.29, 0.717) is 25.4 Å². The lowest BCUT2D eigenvalue weighted by Gasteiger charge is -2.12. The molecule has 0 bridgehead atoms. The Morgan fingerprint density at radius 1 is 1.33 bits per heavy atom. The predicted octanol–water partition coefficient (Wildman–Crippen LogP) is 0.0695. The Morgan fingerprint density at radius 3 is 2.78 bits per heavy atom. The summed E-state index contributed by atoms with van der Waals surface area (Å²) in [6.07, 6.45) is 4.38. The minimum Gasteiger partial charge on any atom is -0.356 e. The molecule has 2 fully saturated rings. The number of sulfone groups is 1. The Balaban J connectivity index is 1.60. The van der Waals surface area contributed by atoms with Crippen molar-refractivity contribution in [3.05, 3.63) is 0 Å². The molecule has 1 amide bonds. The van der Waals surface area contributed by atoms with Crippen molar-refractivity contribution in [2.75, 3.05) is 24.6 Å². The zero-order chi connectivity index (χ0) is 13.0. The van der Waals surface area contributed by atoms with Gasteiger partial charge in [0.2, 0.25) is 5.91 Å². The first-order chi connectivity index (χ1) is 8.55. The minimum atomic E-state index is -2.86. The highest BCUT2D eigenvalue weighted by Gasteiger charge is 2.29. The molecule has 2 saturated heterocycles. The Bertz CT molecular complexity index is 388. The molecular weight excluding hydrogens is 252 g/mol. The normalized spacial score (nSPS) is 30.4. The molecule has 0 spiro atoms. The zero-order valence-corrected chi connectivity index (χ0v) is 11.5. The number of carbonyl (C=O) groups excluding carboxylic acids is 1. The molecule has 5 nitrogen and oxygen atoms in total. The quantitative estimate of drug-likeness (QED) is 0.744. The van der Waals surface area contributed by atoms with E-state index < -0.39 is 9.84 Å². The summed E-state index contributed by atoms with van der Waals surface area (Å²) in [5.74, 6) is 0.455. The van der Waals surface area contributed by atoms with E-state index in [2.05, 4.69) is 10.6 Å². The molecule has 104 valence electrons. The van der Waals surface area contributed by atoms with Crippen molar-refractivity contribution in [3.8, 4) is 0 Å². The molecule has 2 aliphatic heterocycles. The van der Waals surface area contributed by atoms with Gasteiger partial charge in [-0.15, -0.1) is 0 Å². The molecule has 0 aromatic heterocycles. The van der Waals surface area contributed by atoms with E-state index in [0.717, 1.165) is 13.0 Å². The number of amides is 1. The number of nitrogens with one attached hydrogen (secondary N) is 2. The molecule has 0 radical (unpaired) electrons. The second kappa shape index (κ2) is 6.02. The summed E-state index contributed by atoms with van der Waals surface area (Å²) < 4.78 is 22.5. The maximum atomic E-state index is 11.7. The Labute approximate surface area is 109 Å². The van der Waals surface area contributed by atoms with Gasteiger partial charge in [-0.1, -0.05) is 0 Å². The minimum absolute atomic E-state index is 0.00454. The Hall–Kier alpha value is -0.620. The van der Waals surface area contributed by atoms with Crippen LogP contribution in [0.2, 0.25) is 0 Å². The van der Waals surface area contributed by atoms with E-state index in [1.807, 2.05) is 0 Å². The van der Waals surface area contributed by atoms with Gasteiger partial charge in [-0.2, -0.15) is 0 Å². The lowest BCUT2D eigenvalue weighted by Crippen LogP contribution is -2.31. The summed E-state index contributed by atoms with van der Waals surface area (Å²) in [5, 5.41) is 6.27. The van der Waals surface area contributed by atoms with E-state index in [4.69, 9.17) is 0 Å². The summed E-state index contributed by atoms with van der Waals surface area (Å²) in [7, 11) is -2.86. The first-order valence-electron chi connectivity index (χ1n) is 6.76. The van der Waals surface area contributed by atoms with Crippen molar-refractivity contribution in [2.24, 2.45) is 5.92 Å². The molecular formula is C12H22N2O3S. The van der Waals surface area contributed by atoms with Crippen LogP contribution in [0.1, 0.15) is 32.1 Å². The maximum Gasteiger partial charge on any atom is 0.220 e. The van der Waals surface area contributed by atoms with Gasteiger partial charge in [-0.05, 0) is 38.1 Å². The van der Waals surface area contributed by atoms with Crippen LogP contribution in [-0.2, 0) is 14.6 Å². The molecule has 2 rings (SSSR count). The van der Waals surface area contributed by atoms with Gasteiger partial charge in [0.25, 0.3) is 0 Å². The molecule has 2 unspecified atom stereocenters. The first kappa shape index (κ1) is 13.8. The van der Waals surface area contributed by atoms with Crippen LogP contribution in [0.4, 0.5) is 0 Å². The molecule has 2 heterocycles. The highest BCUT2D eigenvalue weighted by Crippen LogP contribution is 2.21. The second-order valence-corrected chi connectivity index (χ2v) is 7.63. The van der Waals surface area contributed by atoms with E-state index in [1.54, 1.807) is 0 Å². The van der Waals surface area contributed by atoms with Crippen LogP contribution in [-0.4, -0.2) is 45.0 Å². The Kier molecular flexibility index (Phi) is 4.61. The van der Waals surface area contributed by atoms with Crippen LogP contribution in [0, 0.1) is 5.92 Å². The van der Waals surface area contributed by atoms with Crippen molar-refractivity contribution >= 4 is 15.7 Å². The largest absolute Gasteiger partial charge is 0.356 e. The van der Waals surface area contributed by atoms with Gasteiger partial charge < -0.3 is 10.6 Å². The van der Waals surface area contributed by atoms with Crippen LogP contribution in [0.3, 0.4) is 0 Å². The highest BCUT2D eigenvalue weighted by molar-refractivity contribution is 7.91. The molecule has 2 atom stereocenters. The van der Waals surface area contributed by atoms with Crippen molar-refractivity contribution < 1.29 is 13.2 Å². The molecule has 0 saturated carbocycles. The lowest BCUT2D eigenvalue weighted by molar-refractivity contribution is -0.121. The molecule has 0 aromatic carbocycles. The van der Waals surface area contributed by atoms with Crippen molar-refractivity contribution in [3.63, 3.8) is 0 Å². The maximum absolute atomic E-state index is 11.7. The van der Waals surface area contributed by atoms with Crippen LogP contribution >= 0.6 is 0 Å². The van der Waals surface area contributed by atoms with E-state index in [9.17, 15) is 13.2 Å². The smallest absolute Gasteiger partial charge is 0.220 e. The summed E-state index contributed by atoms with van der Waals surface area (Å²) in [6.45, 7) is 1.77. The van der Waals surface area contributed by atoms with E-state index >= 15 is 0 Å². The summed E-state index contributed by atoms with van der Waals surface area (Å²) in [5.41, 5.74) is 0. The van der Waals surface area contributed by atoms with Crippen LogP contribution < -0.4 is 10.6 Å². The molecule has 0 aliphatic carbocycles. The number of carbonyl (C=O) groups is 1. The predicted molar refractivity (Wildman–Crippen MR) is 70.0 cm³/mol. The average Bonchev–Trinajstić information content (AvgIpc) is 2.88. The number of hydrogen-bond acceptors (Lipinski definition) is 4. The SMILES string of the molecule is O=C(CC1CCS(=O)(=O)C1)NCCC1CCCN1. The van der Waals surface area contributed by atoms with Crippen molar-refractivity contribution in [1.29, 1.82) is 0 Å². The van der Waals surface area contributed by atoms with Crippen molar-refractivity contribution in [1.82, 2.24) is 10.6 Å². The highest BCUT2D eigenvalue weighted by atomic mass is 32.2. The fraction of sp³-hybridized carbons (Fsp3) is 0.917. The lowest BCUT2D eigenvalue weighted by atomic mass is 10.0. The first-order valence-corrected chi connectivity index (χ1v) is 8.58.